The molecule has 0 fully saturated rings. The summed E-state index contributed by atoms with van der Waals surface area (Å²) in [5, 5.41) is 11.8. The molecule has 1 aromatic heterocycles. The Bertz CT molecular complexity index is 569. The Morgan fingerprint density at radius 2 is 2.10 bits per heavy atom. The van der Waals surface area contributed by atoms with Crippen molar-refractivity contribution >= 4 is 12.4 Å². The molecule has 1 aromatic carbocycles. The molecule has 0 aliphatic heterocycles. The molecule has 2 N–H and O–H groups in total. The number of aromatic nitrogens is 4. The Kier molecular flexibility index (Phi) is 6.08. The van der Waals surface area contributed by atoms with Gasteiger partial charge in [-0.15, -0.1) is 22.6 Å². The van der Waals surface area contributed by atoms with E-state index in [2.05, 4.69) is 15.4 Å². The summed E-state index contributed by atoms with van der Waals surface area (Å²) in [6.07, 6.45) is 0.470. The summed E-state index contributed by atoms with van der Waals surface area (Å²) < 4.78 is 17.7. The van der Waals surface area contributed by atoms with Crippen molar-refractivity contribution in [3.05, 3.63) is 36.2 Å². The zero-order valence-corrected chi connectivity index (χ0v) is 11.7. The van der Waals surface area contributed by atoms with Gasteiger partial charge in [-0.05, 0) is 29.5 Å². The average Bonchev–Trinajstić information content (AvgIpc) is 2.87. The highest BCUT2D eigenvalue weighted by Crippen LogP contribution is 2.18. The largest absolute Gasteiger partial charge is 0.489 e. The number of aryl methyl sites for hydroxylation is 1. The maximum absolute atomic E-state index is 12.3. The third kappa shape index (κ3) is 4.01. The first-order valence-electron chi connectivity index (χ1n) is 5.68. The molecule has 108 valence electrons. The van der Waals surface area contributed by atoms with Crippen molar-refractivity contribution in [2.75, 3.05) is 13.2 Å². The first-order valence-corrected chi connectivity index (χ1v) is 5.68. The third-order valence-electron chi connectivity index (χ3n) is 2.46. The molecule has 0 bridgehead atoms. The summed E-state index contributed by atoms with van der Waals surface area (Å²) in [5.41, 5.74) is 6.57. The summed E-state index contributed by atoms with van der Waals surface area (Å²) in [6.45, 7) is 0.272. The fraction of sp³-hybridized carbons (Fsp3) is 0.250. The maximum atomic E-state index is 12.3. The molecule has 0 spiro atoms. The second-order valence-corrected chi connectivity index (χ2v) is 3.89. The molecule has 0 saturated carbocycles. The molecule has 1 heterocycles. The molecule has 0 aliphatic rings. The highest BCUT2D eigenvalue weighted by Gasteiger charge is 2.04. The Morgan fingerprint density at radius 3 is 2.60 bits per heavy atom. The van der Waals surface area contributed by atoms with Crippen LogP contribution in [0.2, 0.25) is 0 Å². The topological polar surface area (TPSA) is 78.8 Å². The minimum Gasteiger partial charge on any atom is -0.489 e. The Morgan fingerprint density at radius 1 is 1.40 bits per heavy atom. The van der Waals surface area contributed by atoms with Crippen LogP contribution < -0.4 is 10.5 Å². The predicted molar refractivity (Wildman–Crippen MR) is 75.2 cm³/mol. The lowest BCUT2D eigenvalue weighted by Crippen LogP contribution is -2.10. The summed E-state index contributed by atoms with van der Waals surface area (Å²) in [4.78, 5) is 1.39. The van der Waals surface area contributed by atoms with Gasteiger partial charge in [0.05, 0.1) is 13.4 Å². The molecule has 0 amide bonds. The standard InChI is InChI=1S/C12H14FN5O.ClH/c1-18-16-12(15-17-18)10-2-4-11(5-3-10)19-8-9(6-13)7-14;/h2-6H,7-8,14H2,1H3;1H/b9-6-;. The number of nitrogens with two attached hydrogens (primary N) is 1. The monoisotopic (exact) mass is 299 g/mol. The molecule has 8 heteroatoms. The van der Waals surface area contributed by atoms with Crippen LogP contribution in [0.5, 0.6) is 5.75 Å². The fourth-order valence-corrected chi connectivity index (χ4v) is 1.41. The molecule has 0 unspecified atom stereocenters. The highest BCUT2D eigenvalue weighted by molar-refractivity contribution is 5.85. The lowest BCUT2D eigenvalue weighted by Gasteiger charge is -2.07. The summed E-state index contributed by atoms with van der Waals surface area (Å²) >= 11 is 0. The minimum absolute atomic E-state index is 0. The van der Waals surface area contributed by atoms with Gasteiger partial charge in [-0.2, -0.15) is 4.80 Å². The van der Waals surface area contributed by atoms with Crippen molar-refractivity contribution in [3.63, 3.8) is 0 Å². The Balaban J connectivity index is 0.00000200. The van der Waals surface area contributed by atoms with Crippen LogP contribution in [0.15, 0.2) is 36.2 Å². The van der Waals surface area contributed by atoms with Crippen LogP contribution >= 0.6 is 12.4 Å². The van der Waals surface area contributed by atoms with E-state index in [0.29, 0.717) is 23.5 Å². The van der Waals surface area contributed by atoms with Gasteiger partial charge in [-0.25, -0.2) is 4.39 Å². The number of tetrazole rings is 1. The van der Waals surface area contributed by atoms with Crippen molar-refractivity contribution in [2.24, 2.45) is 12.8 Å². The average molecular weight is 300 g/mol. The van der Waals surface area contributed by atoms with E-state index >= 15 is 0 Å². The number of ether oxygens (including phenoxy) is 1. The van der Waals surface area contributed by atoms with Gasteiger partial charge in [0.15, 0.2) is 0 Å². The van der Waals surface area contributed by atoms with Gasteiger partial charge in [0.1, 0.15) is 12.4 Å². The number of hydrogen-bond acceptors (Lipinski definition) is 5. The number of halogens is 2. The number of benzene rings is 1. The molecule has 0 radical (unpaired) electrons. The summed E-state index contributed by atoms with van der Waals surface area (Å²) in [7, 11) is 1.70. The Labute approximate surface area is 121 Å². The molecule has 2 aromatic rings. The molecule has 0 aliphatic carbocycles. The van der Waals surface area contributed by atoms with E-state index in [1.54, 1.807) is 19.2 Å². The third-order valence-corrected chi connectivity index (χ3v) is 2.46. The number of nitrogens with zero attached hydrogens (tertiary/aromatic N) is 4. The minimum atomic E-state index is 0. The van der Waals surface area contributed by atoms with Crippen LogP contribution in [0.25, 0.3) is 11.4 Å². The van der Waals surface area contributed by atoms with Crippen molar-refractivity contribution in [2.45, 2.75) is 0 Å². The van der Waals surface area contributed by atoms with E-state index in [0.717, 1.165) is 5.56 Å². The zero-order valence-electron chi connectivity index (χ0n) is 10.9. The van der Waals surface area contributed by atoms with E-state index in [1.807, 2.05) is 12.1 Å². The van der Waals surface area contributed by atoms with E-state index in [9.17, 15) is 4.39 Å². The zero-order chi connectivity index (χ0) is 13.7. The van der Waals surface area contributed by atoms with Crippen LogP contribution in [-0.2, 0) is 7.05 Å². The van der Waals surface area contributed by atoms with Crippen LogP contribution in [0.4, 0.5) is 4.39 Å². The van der Waals surface area contributed by atoms with Crippen molar-refractivity contribution in [1.29, 1.82) is 0 Å². The van der Waals surface area contributed by atoms with Crippen molar-refractivity contribution in [3.8, 4) is 17.1 Å². The Hall–Kier alpha value is -1.99. The van der Waals surface area contributed by atoms with Crippen LogP contribution in [0, 0.1) is 0 Å². The molecule has 6 nitrogen and oxygen atoms in total. The molecular weight excluding hydrogens is 285 g/mol. The van der Waals surface area contributed by atoms with Gasteiger partial charge in [0.25, 0.3) is 0 Å². The van der Waals surface area contributed by atoms with E-state index in [4.69, 9.17) is 10.5 Å². The maximum Gasteiger partial charge on any atom is 0.204 e. The van der Waals surface area contributed by atoms with Gasteiger partial charge in [-0.1, -0.05) is 0 Å². The van der Waals surface area contributed by atoms with E-state index in [1.165, 1.54) is 4.80 Å². The van der Waals surface area contributed by atoms with Gasteiger partial charge < -0.3 is 10.5 Å². The summed E-state index contributed by atoms with van der Waals surface area (Å²) in [6, 6.07) is 7.15. The first-order chi connectivity index (χ1) is 9.22. The van der Waals surface area contributed by atoms with Gasteiger partial charge in [0, 0.05) is 17.7 Å². The molecule has 2 rings (SSSR count). The summed E-state index contributed by atoms with van der Waals surface area (Å²) in [5.74, 6) is 1.17. The normalized spacial score (nSPS) is 11.1. The molecular formula is C12H15ClFN5O. The van der Waals surface area contributed by atoms with Crippen LogP contribution in [-0.4, -0.2) is 33.4 Å². The molecule has 20 heavy (non-hydrogen) atoms. The first kappa shape index (κ1) is 16.1. The number of rotatable bonds is 5. The molecule has 0 atom stereocenters. The highest BCUT2D eigenvalue weighted by atomic mass is 35.5. The second-order valence-electron chi connectivity index (χ2n) is 3.89. The number of hydrogen-bond donors (Lipinski definition) is 1. The fourth-order valence-electron chi connectivity index (χ4n) is 1.41. The van der Waals surface area contributed by atoms with Gasteiger partial charge in [-0.3, -0.25) is 0 Å². The van der Waals surface area contributed by atoms with Crippen LogP contribution in [0.1, 0.15) is 0 Å². The van der Waals surface area contributed by atoms with Crippen molar-refractivity contribution in [1.82, 2.24) is 20.2 Å². The lowest BCUT2D eigenvalue weighted by atomic mass is 10.2. The van der Waals surface area contributed by atoms with E-state index in [-0.39, 0.29) is 25.6 Å². The van der Waals surface area contributed by atoms with Crippen molar-refractivity contribution < 1.29 is 9.13 Å². The molecule has 0 saturated heterocycles. The van der Waals surface area contributed by atoms with Crippen LogP contribution in [0.3, 0.4) is 0 Å². The van der Waals surface area contributed by atoms with Gasteiger partial charge >= 0.3 is 0 Å². The second kappa shape index (κ2) is 7.56. The van der Waals surface area contributed by atoms with Gasteiger partial charge in [0.2, 0.25) is 5.82 Å². The predicted octanol–water partition coefficient (Wildman–Crippen LogP) is 1.49. The smallest absolute Gasteiger partial charge is 0.204 e. The SMILES string of the molecule is Cl.Cn1nnc(-c2ccc(OC/C(=C\F)CN)cc2)n1. The quantitative estimate of drug-likeness (QED) is 0.905. The van der Waals surface area contributed by atoms with E-state index < -0.39 is 0 Å². The lowest BCUT2D eigenvalue weighted by molar-refractivity contribution is 0.347.